The van der Waals surface area contributed by atoms with Crippen LogP contribution < -0.4 is 10.2 Å². The number of hydrogen-bond donors (Lipinski definition) is 1. The van der Waals surface area contributed by atoms with Gasteiger partial charge in [0.2, 0.25) is 11.7 Å². The topological polar surface area (TPSA) is 91.6 Å². The van der Waals surface area contributed by atoms with Gasteiger partial charge in [0.05, 0.1) is 16.5 Å². The van der Waals surface area contributed by atoms with Gasteiger partial charge in [-0.05, 0) is 24.3 Å². The molecule has 10 heteroatoms. The van der Waals surface area contributed by atoms with Crippen LogP contribution in [-0.2, 0) is 4.79 Å². The van der Waals surface area contributed by atoms with E-state index in [4.69, 9.17) is 23.2 Å². The molecule has 1 amide bonds. The lowest BCUT2D eigenvalue weighted by atomic mass is 10.2. The second-order valence-corrected chi connectivity index (χ2v) is 6.94. The molecule has 1 fully saturated rings. The molecule has 0 aliphatic carbocycles. The summed E-state index contributed by atoms with van der Waals surface area (Å²) in [5.74, 6) is 0.177. The van der Waals surface area contributed by atoms with Gasteiger partial charge in [0.15, 0.2) is 0 Å². The van der Waals surface area contributed by atoms with Gasteiger partial charge in [0, 0.05) is 49.2 Å². The van der Waals surface area contributed by atoms with E-state index in [0.717, 1.165) is 0 Å². The molecule has 0 atom stereocenters. The van der Waals surface area contributed by atoms with Crippen LogP contribution in [0.25, 0.3) is 0 Å². The van der Waals surface area contributed by atoms with Gasteiger partial charge in [-0.2, -0.15) is 0 Å². The Bertz CT molecular complexity index is 839. The van der Waals surface area contributed by atoms with E-state index in [0.29, 0.717) is 42.7 Å². The minimum absolute atomic E-state index is 0.114. The average molecular weight is 410 g/mol. The smallest absolute Gasteiger partial charge is 0.313 e. The van der Waals surface area contributed by atoms with Crippen molar-refractivity contribution in [3.8, 4) is 0 Å². The normalized spacial score (nSPS) is 14.8. The number of piperazine rings is 1. The van der Waals surface area contributed by atoms with Crippen molar-refractivity contribution in [1.29, 1.82) is 0 Å². The maximum atomic E-state index is 12.2. The van der Waals surface area contributed by atoms with E-state index in [9.17, 15) is 14.9 Å². The second-order valence-electron chi connectivity index (χ2n) is 6.07. The third kappa shape index (κ3) is 5.06. The molecule has 2 aromatic rings. The van der Waals surface area contributed by atoms with E-state index in [1.165, 1.54) is 12.3 Å². The molecular formula is C17H17Cl2N5O3. The maximum absolute atomic E-state index is 12.2. The number of carbonyl (C=O) groups is 1. The molecular weight excluding hydrogens is 393 g/mol. The second kappa shape index (κ2) is 8.51. The molecule has 2 heterocycles. The van der Waals surface area contributed by atoms with Crippen molar-refractivity contribution in [2.45, 2.75) is 0 Å². The molecule has 27 heavy (non-hydrogen) atoms. The number of amides is 1. The molecule has 3 rings (SSSR count). The third-order valence-electron chi connectivity index (χ3n) is 4.18. The Morgan fingerprint density at radius 2 is 1.81 bits per heavy atom. The quantitative estimate of drug-likeness (QED) is 0.602. The molecule has 1 aliphatic heterocycles. The number of benzene rings is 1. The first-order valence-corrected chi connectivity index (χ1v) is 9.00. The Balaban J connectivity index is 1.55. The van der Waals surface area contributed by atoms with E-state index >= 15 is 0 Å². The number of nitro groups is 1. The Kier molecular flexibility index (Phi) is 6.10. The first-order valence-electron chi connectivity index (χ1n) is 8.25. The molecule has 142 valence electrons. The number of rotatable bonds is 5. The molecule has 1 N–H and O–H groups in total. The molecule has 0 unspecified atom stereocenters. The summed E-state index contributed by atoms with van der Waals surface area (Å²) < 4.78 is 0. The number of hydrogen-bond acceptors (Lipinski definition) is 6. The number of anilines is 2. The predicted molar refractivity (Wildman–Crippen MR) is 105 cm³/mol. The van der Waals surface area contributed by atoms with E-state index in [1.54, 1.807) is 24.3 Å². The molecule has 1 aliphatic rings. The molecule has 1 aromatic carbocycles. The fourth-order valence-electron chi connectivity index (χ4n) is 2.85. The molecule has 1 aromatic heterocycles. The molecule has 8 nitrogen and oxygen atoms in total. The van der Waals surface area contributed by atoms with Crippen LogP contribution in [0.3, 0.4) is 0 Å². The zero-order chi connectivity index (χ0) is 19.4. The maximum Gasteiger partial charge on any atom is 0.313 e. The van der Waals surface area contributed by atoms with Crippen LogP contribution in [0.15, 0.2) is 36.5 Å². The average Bonchev–Trinajstić information content (AvgIpc) is 2.64. The van der Waals surface area contributed by atoms with Crippen molar-refractivity contribution in [3.63, 3.8) is 0 Å². The Morgan fingerprint density at radius 3 is 2.44 bits per heavy atom. The van der Waals surface area contributed by atoms with Crippen LogP contribution in [0, 0.1) is 10.1 Å². The molecule has 0 radical (unpaired) electrons. The number of halogens is 2. The summed E-state index contributed by atoms with van der Waals surface area (Å²) in [7, 11) is 0. The third-order valence-corrected chi connectivity index (χ3v) is 4.64. The van der Waals surface area contributed by atoms with Gasteiger partial charge < -0.3 is 10.2 Å². The SMILES string of the molecule is O=C(CN1CCN(c2ncc(Cl)cc2[N+](=O)[O-])CC1)Nc1ccc(Cl)cc1. The highest BCUT2D eigenvalue weighted by atomic mass is 35.5. The fraction of sp³-hybridized carbons (Fsp3) is 0.294. The summed E-state index contributed by atoms with van der Waals surface area (Å²) in [5.41, 5.74) is 0.570. The highest BCUT2D eigenvalue weighted by Crippen LogP contribution is 2.29. The summed E-state index contributed by atoms with van der Waals surface area (Å²) in [6.45, 7) is 2.49. The highest BCUT2D eigenvalue weighted by Gasteiger charge is 2.26. The fourth-order valence-corrected chi connectivity index (χ4v) is 3.13. The van der Waals surface area contributed by atoms with Gasteiger partial charge in [-0.15, -0.1) is 0 Å². The zero-order valence-corrected chi connectivity index (χ0v) is 15.8. The number of nitrogens with zero attached hydrogens (tertiary/aromatic N) is 4. The molecule has 0 spiro atoms. The molecule has 1 saturated heterocycles. The first-order chi connectivity index (χ1) is 12.9. The van der Waals surface area contributed by atoms with Crippen molar-refractivity contribution < 1.29 is 9.72 Å². The minimum Gasteiger partial charge on any atom is -0.348 e. The van der Waals surface area contributed by atoms with Crippen molar-refractivity contribution in [3.05, 3.63) is 56.7 Å². The summed E-state index contributed by atoms with van der Waals surface area (Å²) >= 11 is 11.6. The van der Waals surface area contributed by atoms with Crippen molar-refractivity contribution in [2.24, 2.45) is 0 Å². The molecule has 0 bridgehead atoms. The van der Waals surface area contributed by atoms with Gasteiger partial charge in [-0.1, -0.05) is 23.2 Å². The monoisotopic (exact) mass is 409 g/mol. The van der Waals surface area contributed by atoms with E-state index in [2.05, 4.69) is 10.3 Å². The van der Waals surface area contributed by atoms with E-state index < -0.39 is 4.92 Å². The van der Waals surface area contributed by atoms with Crippen molar-refractivity contribution in [2.75, 3.05) is 42.9 Å². The summed E-state index contributed by atoms with van der Waals surface area (Å²) in [6, 6.07) is 8.20. The molecule has 0 saturated carbocycles. The van der Waals surface area contributed by atoms with Crippen LogP contribution >= 0.6 is 23.2 Å². The number of carbonyl (C=O) groups excluding carboxylic acids is 1. The van der Waals surface area contributed by atoms with E-state index in [1.807, 2.05) is 9.80 Å². The summed E-state index contributed by atoms with van der Waals surface area (Å²) in [4.78, 5) is 30.9. The highest BCUT2D eigenvalue weighted by molar-refractivity contribution is 6.31. The summed E-state index contributed by atoms with van der Waals surface area (Å²) in [5, 5.41) is 14.9. The lowest BCUT2D eigenvalue weighted by molar-refractivity contribution is -0.384. The number of nitrogens with one attached hydrogen (secondary N) is 1. The van der Waals surface area contributed by atoms with Crippen molar-refractivity contribution in [1.82, 2.24) is 9.88 Å². The van der Waals surface area contributed by atoms with Crippen LogP contribution in [0.5, 0.6) is 0 Å². The lowest BCUT2D eigenvalue weighted by Gasteiger charge is -2.34. The number of aromatic nitrogens is 1. The Hall–Kier alpha value is -2.42. The van der Waals surface area contributed by atoms with E-state index in [-0.39, 0.29) is 23.2 Å². The minimum atomic E-state index is -0.486. The van der Waals surface area contributed by atoms with Gasteiger partial charge in [0.1, 0.15) is 0 Å². The first kappa shape index (κ1) is 19.3. The van der Waals surface area contributed by atoms with Gasteiger partial charge in [-0.3, -0.25) is 19.8 Å². The van der Waals surface area contributed by atoms with Gasteiger partial charge in [-0.25, -0.2) is 4.98 Å². The Labute approximate surface area is 165 Å². The largest absolute Gasteiger partial charge is 0.348 e. The number of pyridine rings is 1. The van der Waals surface area contributed by atoms with Crippen molar-refractivity contribution >= 4 is 46.3 Å². The lowest BCUT2D eigenvalue weighted by Crippen LogP contribution is -2.49. The van der Waals surface area contributed by atoms with Gasteiger partial charge in [0.25, 0.3) is 0 Å². The van der Waals surface area contributed by atoms with Gasteiger partial charge >= 0.3 is 5.69 Å². The van der Waals surface area contributed by atoms with Crippen LogP contribution in [0.2, 0.25) is 10.0 Å². The zero-order valence-electron chi connectivity index (χ0n) is 14.3. The Morgan fingerprint density at radius 1 is 1.15 bits per heavy atom. The van der Waals surface area contributed by atoms with Crippen LogP contribution in [0.1, 0.15) is 0 Å². The summed E-state index contributed by atoms with van der Waals surface area (Å²) in [6.07, 6.45) is 1.40. The standard InChI is InChI=1S/C17H17Cl2N5O3/c18-12-1-3-14(4-2-12)21-16(25)11-22-5-7-23(8-6-22)17-15(24(26)27)9-13(19)10-20-17/h1-4,9-10H,5-8,11H2,(H,21,25). The van der Waals surface area contributed by atoms with Crippen LogP contribution in [-0.4, -0.2) is 53.4 Å². The van der Waals surface area contributed by atoms with Crippen LogP contribution in [0.4, 0.5) is 17.2 Å². The predicted octanol–water partition coefficient (Wildman–Crippen LogP) is 3.06.